The van der Waals surface area contributed by atoms with Gasteiger partial charge in [0.1, 0.15) is 11.6 Å². The molecule has 5 heteroatoms. The summed E-state index contributed by atoms with van der Waals surface area (Å²) in [6, 6.07) is 5.95. The number of nitrogens with one attached hydrogen (secondary N) is 2. The fraction of sp³-hybridized carbons (Fsp3) is 0.385. The molecule has 0 atom stereocenters. The van der Waals surface area contributed by atoms with Crippen molar-refractivity contribution in [3.8, 4) is 0 Å². The lowest BCUT2D eigenvalue weighted by Crippen LogP contribution is -2.28. The van der Waals surface area contributed by atoms with Crippen molar-refractivity contribution in [2.45, 2.75) is 25.8 Å². The van der Waals surface area contributed by atoms with Crippen molar-refractivity contribution in [3.05, 3.63) is 42.1 Å². The van der Waals surface area contributed by atoms with Gasteiger partial charge in [-0.2, -0.15) is 0 Å². The molecule has 0 aliphatic rings. The molecule has 0 fully saturated rings. The second kappa shape index (κ2) is 5.18. The second-order valence-electron chi connectivity index (χ2n) is 4.88. The SMILES string of the molecule is CC(C)(CNc1ccnc(CN)n1)c1ccc[nH]1. The molecule has 96 valence electrons. The van der Waals surface area contributed by atoms with Crippen molar-refractivity contribution in [3.63, 3.8) is 0 Å². The van der Waals surface area contributed by atoms with Crippen LogP contribution in [0.5, 0.6) is 0 Å². The smallest absolute Gasteiger partial charge is 0.144 e. The number of H-pyrrole nitrogens is 1. The Morgan fingerprint density at radius 2 is 2.22 bits per heavy atom. The zero-order chi connectivity index (χ0) is 13.0. The highest BCUT2D eigenvalue weighted by molar-refractivity contribution is 5.34. The molecule has 0 saturated heterocycles. The predicted molar refractivity (Wildman–Crippen MR) is 72.2 cm³/mol. The largest absolute Gasteiger partial charge is 0.369 e. The Hall–Kier alpha value is -1.88. The number of aromatic amines is 1. The standard InChI is InChI=1S/C13H19N5/c1-13(2,10-4-3-6-15-10)9-17-11-5-7-16-12(8-14)18-11/h3-7,15H,8-9,14H2,1-2H3,(H,16,17,18). The van der Waals surface area contributed by atoms with E-state index in [0.29, 0.717) is 12.4 Å². The number of hydrogen-bond donors (Lipinski definition) is 3. The molecule has 5 nitrogen and oxygen atoms in total. The molecular weight excluding hydrogens is 226 g/mol. The van der Waals surface area contributed by atoms with E-state index in [1.165, 1.54) is 5.69 Å². The molecule has 2 aromatic heterocycles. The van der Waals surface area contributed by atoms with Gasteiger partial charge in [-0.1, -0.05) is 13.8 Å². The minimum absolute atomic E-state index is 0.0112. The van der Waals surface area contributed by atoms with Crippen LogP contribution in [0.15, 0.2) is 30.6 Å². The van der Waals surface area contributed by atoms with Gasteiger partial charge in [0.05, 0.1) is 6.54 Å². The van der Waals surface area contributed by atoms with Crippen LogP contribution in [-0.4, -0.2) is 21.5 Å². The van der Waals surface area contributed by atoms with Gasteiger partial charge < -0.3 is 16.0 Å². The number of aromatic nitrogens is 3. The maximum atomic E-state index is 5.52. The third kappa shape index (κ3) is 2.87. The summed E-state index contributed by atoms with van der Waals surface area (Å²) in [7, 11) is 0. The molecule has 0 aliphatic heterocycles. The van der Waals surface area contributed by atoms with Gasteiger partial charge in [-0.25, -0.2) is 9.97 Å². The van der Waals surface area contributed by atoms with E-state index in [4.69, 9.17) is 5.73 Å². The number of nitrogens with two attached hydrogens (primary N) is 1. The highest BCUT2D eigenvalue weighted by Crippen LogP contribution is 2.21. The van der Waals surface area contributed by atoms with Gasteiger partial charge in [-0.3, -0.25) is 0 Å². The summed E-state index contributed by atoms with van der Waals surface area (Å²) in [5.41, 5.74) is 6.73. The summed E-state index contributed by atoms with van der Waals surface area (Å²) in [6.45, 7) is 5.50. The molecule has 4 N–H and O–H groups in total. The van der Waals surface area contributed by atoms with Crippen LogP contribution in [0.4, 0.5) is 5.82 Å². The van der Waals surface area contributed by atoms with Gasteiger partial charge >= 0.3 is 0 Å². The molecule has 2 heterocycles. The van der Waals surface area contributed by atoms with Gasteiger partial charge in [-0.05, 0) is 18.2 Å². The zero-order valence-electron chi connectivity index (χ0n) is 10.8. The molecule has 0 spiro atoms. The summed E-state index contributed by atoms with van der Waals surface area (Å²) >= 11 is 0. The van der Waals surface area contributed by atoms with E-state index < -0.39 is 0 Å². The summed E-state index contributed by atoms with van der Waals surface area (Å²) in [6.07, 6.45) is 3.66. The number of nitrogens with zero attached hydrogens (tertiary/aromatic N) is 2. The van der Waals surface area contributed by atoms with Gasteiger partial charge in [0, 0.05) is 30.0 Å². The molecule has 0 bridgehead atoms. The third-order valence-corrected chi connectivity index (χ3v) is 2.93. The Labute approximate surface area is 107 Å². The van der Waals surface area contributed by atoms with Crippen molar-refractivity contribution >= 4 is 5.82 Å². The van der Waals surface area contributed by atoms with Crippen molar-refractivity contribution in [2.75, 3.05) is 11.9 Å². The Morgan fingerprint density at radius 3 is 2.89 bits per heavy atom. The highest BCUT2D eigenvalue weighted by atomic mass is 15.0. The lowest BCUT2D eigenvalue weighted by Gasteiger charge is -2.24. The van der Waals surface area contributed by atoms with Crippen LogP contribution in [-0.2, 0) is 12.0 Å². The quantitative estimate of drug-likeness (QED) is 0.748. The first-order chi connectivity index (χ1) is 8.62. The molecule has 0 radical (unpaired) electrons. The molecule has 0 amide bonds. The molecule has 2 aromatic rings. The van der Waals surface area contributed by atoms with E-state index in [-0.39, 0.29) is 5.41 Å². The first-order valence-corrected chi connectivity index (χ1v) is 6.01. The highest BCUT2D eigenvalue weighted by Gasteiger charge is 2.21. The minimum Gasteiger partial charge on any atom is -0.369 e. The first kappa shape index (κ1) is 12.6. The fourth-order valence-electron chi connectivity index (χ4n) is 1.75. The maximum absolute atomic E-state index is 5.52. The summed E-state index contributed by atoms with van der Waals surface area (Å²) in [5, 5.41) is 3.32. The second-order valence-corrected chi connectivity index (χ2v) is 4.88. The normalized spacial score (nSPS) is 11.5. The monoisotopic (exact) mass is 245 g/mol. The Balaban J connectivity index is 2.02. The average molecular weight is 245 g/mol. The van der Waals surface area contributed by atoms with Crippen LogP contribution in [0.3, 0.4) is 0 Å². The van der Waals surface area contributed by atoms with Crippen LogP contribution >= 0.6 is 0 Å². The lowest BCUT2D eigenvalue weighted by atomic mass is 9.89. The van der Waals surface area contributed by atoms with Crippen molar-refractivity contribution in [1.82, 2.24) is 15.0 Å². The molecule has 0 aliphatic carbocycles. The van der Waals surface area contributed by atoms with E-state index in [1.54, 1.807) is 6.20 Å². The number of anilines is 1. The van der Waals surface area contributed by atoms with Crippen molar-refractivity contribution < 1.29 is 0 Å². The minimum atomic E-state index is 0.0112. The Morgan fingerprint density at radius 1 is 1.39 bits per heavy atom. The van der Waals surface area contributed by atoms with Crippen LogP contribution < -0.4 is 11.1 Å². The third-order valence-electron chi connectivity index (χ3n) is 2.93. The summed E-state index contributed by atoms with van der Waals surface area (Å²) in [5.74, 6) is 1.46. The Bertz CT molecular complexity index is 490. The van der Waals surface area contributed by atoms with Crippen LogP contribution in [0.1, 0.15) is 25.4 Å². The molecule has 2 rings (SSSR count). The summed E-state index contributed by atoms with van der Waals surface area (Å²) < 4.78 is 0. The van der Waals surface area contributed by atoms with Crippen LogP contribution in [0.2, 0.25) is 0 Å². The molecule has 0 aromatic carbocycles. The molecule has 0 unspecified atom stereocenters. The Kier molecular flexibility index (Phi) is 3.62. The predicted octanol–water partition coefficient (Wildman–Crippen LogP) is 1.65. The van der Waals surface area contributed by atoms with Gasteiger partial charge in [0.25, 0.3) is 0 Å². The van der Waals surface area contributed by atoms with Gasteiger partial charge in [-0.15, -0.1) is 0 Å². The van der Waals surface area contributed by atoms with E-state index >= 15 is 0 Å². The van der Waals surface area contributed by atoms with Gasteiger partial charge in [0.2, 0.25) is 0 Å². The van der Waals surface area contributed by atoms with Crippen LogP contribution in [0.25, 0.3) is 0 Å². The molecular formula is C13H19N5. The topological polar surface area (TPSA) is 79.6 Å². The number of rotatable bonds is 5. The fourth-order valence-corrected chi connectivity index (χ4v) is 1.75. The lowest BCUT2D eigenvalue weighted by molar-refractivity contribution is 0.540. The van der Waals surface area contributed by atoms with E-state index in [1.807, 2.05) is 18.3 Å². The van der Waals surface area contributed by atoms with E-state index in [2.05, 4.69) is 40.2 Å². The average Bonchev–Trinajstić information content (AvgIpc) is 2.91. The first-order valence-electron chi connectivity index (χ1n) is 6.01. The molecule has 18 heavy (non-hydrogen) atoms. The van der Waals surface area contributed by atoms with E-state index in [9.17, 15) is 0 Å². The van der Waals surface area contributed by atoms with Crippen molar-refractivity contribution in [2.24, 2.45) is 5.73 Å². The zero-order valence-corrected chi connectivity index (χ0v) is 10.8. The summed E-state index contributed by atoms with van der Waals surface area (Å²) in [4.78, 5) is 11.6. The van der Waals surface area contributed by atoms with E-state index in [0.717, 1.165) is 12.4 Å². The van der Waals surface area contributed by atoms with Crippen LogP contribution in [0, 0.1) is 0 Å². The maximum Gasteiger partial charge on any atom is 0.144 e. The van der Waals surface area contributed by atoms with Gasteiger partial charge in [0.15, 0.2) is 0 Å². The number of hydrogen-bond acceptors (Lipinski definition) is 4. The van der Waals surface area contributed by atoms with Crippen molar-refractivity contribution in [1.29, 1.82) is 0 Å². The molecule has 0 saturated carbocycles.